The van der Waals surface area contributed by atoms with Crippen molar-refractivity contribution in [2.45, 2.75) is 6.92 Å². The molecule has 0 fully saturated rings. The molecule has 0 aromatic heterocycles. The van der Waals surface area contributed by atoms with Crippen molar-refractivity contribution in [2.24, 2.45) is 0 Å². The zero-order chi connectivity index (χ0) is 21.7. The molecule has 154 valence electrons. The normalized spacial score (nSPS) is 10.3. The molecule has 3 aromatic rings. The Hall–Kier alpha value is -3.16. The average Bonchev–Trinajstić information content (AvgIpc) is 2.73. The van der Waals surface area contributed by atoms with Gasteiger partial charge in [-0.3, -0.25) is 4.79 Å². The van der Waals surface area contributed by atoms with Gasteiger partial charge in [-0.25, -0.2) is 9.10 Å². The zero-order valence-electron chi connectivity index (χ0n) is 16.5. The van der Waals surface area contributed by atoms with Crippen molar-refractivity contribution in [1.82, 2.24) is 0 Å². The molecule has 30 heavy (non-hydrogen) atoms. The Kier molecular flexibility index (Phi) is 6.87. The molecule has 8 heteroatoms. The summed E-state index contributed by atoms with van der Waals surface area (Å²) in [6.45, 7) is 1.43. The van der Waals surface area contributed by atoms with E-state index in [0.29, 0.717) is 22.1 Å². The first-order chi connectivity index (χ1) is 14.3. The summed E-state index contributed by atoms with van der Waals surface area (Å²) >= 11 is 10.7. The monoisotopic (exact) mass is 440 g/mol. The fourth-order valence-corrected chi connectivity index (χ4v) is 3.32. The van der Waals surface area contributed by atoms with E-state index in [0.717, 1.165) is 11.4 Å². The predicted molar refractivity (Wildman–Crippen MR) is 127 cm³/mol. The molecular weight excluding hydrogens is 420 g/mol. The first kappa shape index (κ1) is 21.5. The number of benzene rings is 3. The van der Waals surface area contributed by atoms with E-state index in [-0.39, 0.29) is 5.91 Å². The van der Waals surface area contributed by atoms with Crippen molar-refractivity contribution in [3.63, 3.8) is 0 Å². The van der Waals surface area contributed by atoms with E-state index in [1.807, 2.05) is 48.3 Å². The number of carbonyl (C=O) groups is 2. The van der Waals surface area contributed by atoms with Crippen molar-refractivity contribution in [3.8, 4) is 0 Å². The molecule has 0 aliphatic carbocycles. The number of rotatable bonds is 5. The molecule has 0 heterocycles. The second-order valence-electron chi connectivity index (χ2n) is 6.53. The molecule has 6 nitrogen and oxygen atoms in total. The SMILES string of the molecule is CC(=O)Nc1ccc(N(S)C(=O)Nc2ccc(N(C)c3ccccc3)c(Cl)c2)cc1. The van der Waals surface area contributed by atoms with Gasteiger partial charge in [0.25, 0.3) is 0 Å². The lowest BCUT2D eigenvalue weighted by atomic mass is 10.2. The van der Waals surface area contributed by atoms with Crippen molar-refractivity contribution in [3.05, 3.63) is 77.8 Å². The van der Waals surface area contributed by atoms with Crippen LogP contribution >= 0.6 is 24.4 Å². The highest BCUT2D eigenvalue weighted by molar-refractivity contribution is 7.82. The Morgan fingerprint density at radius 2 is 1.50 bits per heavy atom. The maximum Gasteiger partial charge on any atom is 0.336 e. The lowest BCUT2D eigenvalue weighted by molar-refractivity contribution is -0.114. The van der Waals surface area contributed by atoms with Crippen LogP contribution in [-0.4, -0.2) is 19.0 Å². The van der Waals surface area contributed by atoms with Gasteiger partial charge in [-0.15, -0.1) is 0 Å². The number of thiol groups is 1. The Morgan fingerprint density at radius 1 is 0.867 bits per heavy atom. The van der Waals surface area contributed by atoms with Gasteiger partial charge >= 0.3 is 6.03 Å². The van der Waals surface area contributed by atoms with E-state index < -0.39 is 6.03 Å². The molecule has 0 saturated carbocycles. The van der Waals surface area contributed by atoms with Crippen LogP contribution in [0, 0.1) is 0 Å². The lowest BCUT2D eigenvalue weighted by Crippen LogP contribution is -2.26. The summed E-state index contributed by atoms with van der Waals surface area (Å²) in [7, 11) is 1.93. The van der Waals surface area contributed by atoms with Crippen LogP contribution in [0.5, 0.6) is 0 Å². The fourth-order valence-electron chi connectivity index (χ4n) is 2.83. The molecule has 3 amide bonds. The molecule has 0 atom stereocenters. The van der Waals surface area contributed by atoms with E-state index in [2.05, 4.69) is 23.4 Å². The van der Waals surface area contributed by atoms with Crippen LogP contribution in [0.25, 0.3) is 0 Å². The zero-order valence-corrected chi connectivity index (χ0v) is 18.1. The Balaban J connectivity index is 1.69. The number of carbonyl (C=O) groups excluding carboxylic acids is 2. The molecule has 0 aliphatic rings. The van der Waals surface area contributed by atoms with E-state index in [1.54, 1.807) is 36.4 Å². The summed E-state index contributed by atoms with van der Waals surface area (Å²) in [6.07, 6.45) is 0. The molecule has 0 saturated heterocycles. The highest BCUT2D eigenvalue weighted by Gasteiger charge is 2.14. The number of hydrogen-bond acceptors (Lipinski definition) is 4. The summed E-state index contributed by atoms with van der Waals surface area (Å²) in [4.78, 5) is 25.6. The van der Waals surface area contributed by atoms with Crippen LogP contribution in [0.3, 0.4) is 0 Å². The predicted octanol–water partition coefficient (Wildman–Crippen LogP) is 5.95. The number of nitrogens with zero attached hydrogens (tertiary/aromatic N) is 2. The number of anilines is 5. The quantitative estimate of drug-likeness (QED) is 0.429. The molecular formula is C22H21ClN4O2S. The van der Waals surface area contributed by atoms with Crippen LogP contribution in [0.15, 0.2) is 72.8 Å². The summed E-state index contributed by atoms with van der Waals surface area (Å²) in [5.74, 6) is -0.165. The van der Waals surface area contributed by atoms with Crippen molar-refractivity contribution in [2.75, 3.05) is 26.9 Å². The first-order valence-corrected chi connectivity index (χ1v) is 9.89. The van der Waals surface area contributed by atoms with Crippen LogP contribution in [0.1, 0.15) is 6.92 Å². The molecule has 0 spiro atoms. The third-order valence-electron chi connectivity index (χ3n) is 4.33. The second-order valence-corrected chi connectivity index (χ2v) is 7.34. The van der Waals surface area contributed by atoms with Crippen LogP contribution in [0.4, 0.5) is 33.2 Å². The maximum atomic E-state index is 12.5. The Bertz CT molecular complexity index is 1040. The van der Waals surface area contributed by atoms with Gasteiger partial charge in [-0.1, -0.05) is 42.6 Å². The minimum atomic E-state index is -0.439. The number of hydrogen-bond donors (Lipinski definition) is 3. The fraction of sp³-hybridized carbons (Fsp3) is 0.0909. The van der Waals surface area contributed by atoms with Gasteiger partial charge in [0.15, 0.2) is 0 Å². The number of para-hydroxylation sites is 1. The molecule has 0 aliphatic heterocycles. The van der Waals surface area contributed by atoms with E-state index in [1.165, 1.54) is 11.2 Å². The Morgan fingerprint density at radius 3 is 2.10 bits per heavy atom. The highest BCUT2D eigenvalue weighted by Crippen LogP contribution is 2.33. The summed E-state index contributed by atoms with van der Waals surface area (Å²) in [6, 6.07) is 21.5. The van der Waals surface area contributed by atoms with E-state index in [4.69, 9.17) is 11.6 Å². The molecule has 2 N–H and O–H groups in total. The minimum Gasteiger partial charge on any atom is -0.343 e. The standard InChI is InChI=1S/C22H21ClN4O2S/c1-15(28)24-16-8-11-19(12-9-16)27(30)22(29)25-17-10-13-21(20(23)14-17)26(2)18-6-4-3-5-7-18/h3-14,30H,1-2H3,(H,24,28)(H,25,29). The number of amides is 3. The number of halogens is 1. The van der Waals surface area contributed by atoms with Gasteiger partial charge in [-0.2, -0.15) is 0 Å². The molecule has 0 radical (unpaired) electrons. The molecule has 3 aromatic carbocycles. The van der Waals surface area contributed by atoms with Gasteiger partial charge in [0.2, 0.25) is 5.91 Å². The average molecular weight is 441 g/mol. The van der Waals surface area contributed by atoms with Gasteiger partial charge < -0.3 is 15.5 Å². The summed E-state index contributed by atoms with van der Waals surface area (Å²) in [5.41, 5.74) is 3.55. The van der Waals surface area contributed by atoms with Crippen molar-refractivity contribution < 1.29 is 9.59 Å². The minimum absolute atomic E-state index is 0.165. The van der Waals surface area contributed by atoms with Crippen molar-refractivity contribution in [1.29, 1.82) is 0 Å². The number of nitrogens with one attached hydrogen (secondary N) is 2. The molecule has 0 bridgehead atoms. The van der Waals surface area contributed by atoms with Crippen LogP contribution in [0.2, 0.25) is 5.02 Å². The summed E-state index contributed by atoms with van der Waals surface area (Å²) < 4.78 is 1.18. The van der Waals surface area contributed by atoms with Gasteiger partial charge in [0.1, 0.15) is 0 Å². The topological polar surface area (TPSA) is 64.7 Å². The van der Waals surface area contributed by atoms with Gasteiger partial charge in [0, 0.05) is 31.0 Å². The first-order valence-electron chi connectivity index (χ1n) is 9.11. The lowest BCUT2D eigenvalue weighted by Gasteiger charge is -2.22. The van der Waals surface area contributed by atoms with Crippen molar-refractivity contribution >= 4 is 64.8 Å². The highest BCUT2D eigenvalue weighted by atomic mass is 35.5. The largest absolute Gasteiger partial charge is 0.343 e. The molecule has 0 unspecified atom stereocenters. The van der Waals surface area contributed by atoms with E-state index >= 15 is 0 Å². The van der Waals surface area contributed by atoms with Crippen LogP contribution in [-0.2, 0) is 4.79 Å². The van der Waals surface area contributed by atoms with E-state index in [9.17, 15) is 9.59 Å². The Labute approximate surface area is 186 Å². The molecule has 3 rings (SSSR count). The second kappa shape index (κ2) is 9.56. The third kappa shape index (κ3) is 5.25. The van der Waals surface area contributed by atoms with Gasteiger partial charge in [-0.05, 0) is 54.6 Å². The van der Waals surface area contributed by atoms with Crippen LogP contribution < -0.4 is 19.8 Å². The smallest absolute Gasteiger partial charge is 0.336 e. The summed E-state index contributed by atoms with van der Waals surface area (Å²) in [5, 5.41) is 5.95. The third-order valence-corrected chi connectivity index (χ3v) is 5.04. The maximum absolute atomic E-state index is 12.5. The number of urea groups is 1. The van der Waals surface area contributed by atoms with Gasteiger partial charge in [0.05, 0.1) is 16.4 Å².